The van der Waals surface area contributed by atoms with E-state index in [1.54, 1.807) is 25.3 Å². The lowest BCUT2D eigenvalue weighted by Crippen LogP contribution is -2.43. The Labute approximate surface area is 165 Å². The number of ether oxygens (including phenoxy) is 3. The molecule has 3 rings (SSSR count). The Morgan fingerprint density at radius 3 is 2.67 bits per heavy atom. The van der Waals surface area contributed by atoms with Gasteiger partial charge in [-0.05, 0) is 42.0 Å². The molecule has 0 amide bonds. The Kier molecular flexibility index (Phi) is 8.31. The van der Waals surface area contributed by atoms with Crippen molar-refractivity contribution in [1.82, 2.24) is 4.90 Å². The lowest BCUT2D eigenvalue weighted by molar-refractivity contribution is -0.0460. The third-order valence-corrected chi connectivity index (χ3v) is 4.34. The summed E-state index contributed by atoms with van der Waals surface area (Å²) in [4.78, 5) is 2.11. The molecule has 5 nitrogen and oxygen atoms in total. The van der Waals surface area contributed by atoms with E-state index in [1.165, 1.54) is 12.1 Å². The molecule has 1 N–H and O–H groups in total. The molecular weight excluding hydrogens is 373 g/mol. The minimum Gasteiger partial charge on any atom is -0.497 e. The number of halogens is 2. The van der Waals surface area contributed by atoms with Gasteiger partial charge >= 0.3 is 0 Å². The molecule has 0 aliphatic carbocycles. The predicted molar refractivity (Wildman–Crippen MR) is 103 cm³/mol. The Balaban J connectivity index is 0.00000261. The van der Waals surface area contributed by atoms with Crippen molar-refractivity contribution in [3.05, 3.63) is 59.9 Å². The molecule has 1 aliphatic heterocycles. The van der Waals surface area contributed by atoms with E-state index in [4.69, 9.17) is 14.2 Å². The van der Waals surface area contributed by atoms with Gasteiger partial charge in [0.05, 0.1) is 19.8 Å². The van der Waals surface area contributed by atoms with Gasteiger partial charge in [-0.25, -0.2) is 4.39 Å². The fourth-order valence-corrected chi connectivity index (χ4v) is 2.99. The van der Waals surface area contributed by atoms with Crippen LogP contribution in [0.3, 0.4) is 0 Å². The zero-order chi connectivity index (χ0) is 18.4. The minimum atomic E-state index is -0.622. The zero-order valence-corrected chi connectivity index (χ0v) is 16.0. The number of morpholine rings is 1. The molecule has 0 saturated carbocycles. The SMILES string of the molecule is COc1ccc(OCC(O)CN2CCOC(c3cccc(F)c3)C2)cc1.Cl. The van der Waals surface area contributed by atoms with Gasteiger partial charge in [-0.1, -0.05) is 12.1 Å². The van der Waals surface area contributed by atoms with Crippen LogP contribution in [0.15, 0.2) is 48.5 Å². The van der Waals surface area contributed by atoms with Gasteiger partial charge in [0.1, 0.15) is 30.0 Å². The molecule has 0 aromatic heterocycles. The smallest absolute Gasteiger partial charge is 0.123 e. The van der Waals surface area contributed by atoms with Crippen LogP contribution in [0.1, 0.15) is 11.7 Å². The standard InChI is InChI=1S/C20H24FNO4.ClH/c1-24-18-5-7-19(8-6-18)26-14-17(23)12-22-9-10-25-20(13-22)15-3-2-4-16(21)11-15;/h2-8,11,17,20,23H,9-10,12-14H2,1H3;1H. The Morgan fingerprint density at radius 1 is 1.22 bits per heavy atom. The first-order valence-corrected chi connectivity index (χ1v) is 8.68. The first-order valence-electron chi connectivity index (χ1n) is 8.68. The van der Waals surface area contributed by atoms with Crippen LogP contribution in [0, 0.1) is 5.82 Å². The van der Waals surface area contributed by atoms with E-state index in [9.17, 15) is 9.50 Å². The number of aliphatic hydroxyl groups is 1. The lowest BCUT2D eigenvalue weighted by Gasteiger charge is -2.34. The highest BCUT2D eigenvalue weighted by Crippen LogP contribution is 2.23. The zero-order valence-electron chi connectivity index (χ0n) is 15.2. The monoisotopic (exact) mass is 397 g/mol. The molecular formula is C20H25ClFNO4. The fraction of sp³-hybridized carbons (Fsp3) is 0.400. The molecule has 148 valence electrons. The average molecular weight is 398 g/mol. The molecule has 2 aromatic carbocycles. The number of rotatable bonds is 7. The Bertz CT molecular complexity index is 701. The van der Waals surface area contributed by atoms with E-state index in [0.717, 1.165) is 17.9 Å². The van der Waals surface area contributed by atoms with E-state index in [0.29, 0.717) is 25.4 Å². The largest absolute Gasteiger partial charge is 0.497 e. The van der Waals surface area contributed by atoms with Crippen LogP contribution in [-0.2, 0) is 4.74 Å². The second-order valence-corrected chi connectivity index (χ2v) is 6.31. The van der Waals surface area contributed by atoms with Crippen LogP contribution in [0.25, 0.3) is 0 Å². The second kappa shape index (κ2) is 10.5. The summed E-state index contributed by atoms with van der Waals surface area (Å²) in [5, 5.41) is 10.3. The van der Waals surface area contributed by atoms with E-state index in [-0.39, 0.29) is 30.9 Å². The molecule has 1 aliphatic rings. The van der Waals surface area contributed by atoms with Gasteiger partial charge in [-0.3, -0.25) is 4.90 Å². The number of methoxy groups -OCH3 is 1. The number of aliphatic hydroxyl groups excluding tert-OH is 1. The van der Waals surface area contributed by atoms with Crippen molar-refractivity contribution < 1.29 is 23.7 Å². The van der Waals surface area contributed by atoms with Crippen molar-refractivity contribution in [3.8, 4) is 11.5 Å². The predicted octanol–water partition coefficient (Wildman–Crippen LogP) is 3.07. The lowest BCUT2D eigenvalue weighted by atomic mass is 10.1. The summed E-state index contributed by atoms with van der Waals surface area (Å²) < 4.78 is 29.9. The molecule has 0 radical (unpaired) electrons. The number of nitrogens with zero attached hydrogens (tertiary/aromatic N) is 1. The Hall–Kier alpha value is -1.86. The summed E-state index contributed by atoms with van der Waals surface area (Å²) >= 11 is 0. The molecule has 1 saturated heterocycles. The summed E-state index contributed by atoms with van der Waals surface area (Å²) in [6, 6.07) is 13.7. The van der Waals surface area contributed by atoms with Crippen LogP contribution in [-0.4, -0.2) is 56.1 Å². The van der Waals surface area contributed by atoms with Crippen molar-refractivity contribution in [2.75, 3.05) is 40.0 Å². The van der Waals surface area contributed by atoms with Gasteiger partial charge in [0.2, 0.25) is 0 Å². The highest BCUT2D eigenvalue weighted by molar-refractivity contribution is 5.85. The van der Waals surface area contributed by atoms with E-state index >= 15 is 0 Å². The molecule has 2 aromatic rings. The molecule has 2 unspecified atom stereocenters. The van der Waals surface area contributed by atoms with Crippen LogP contribution < -0.4 is 9.47 Å². The molecule has 27 heavy (non-hydrogen) atoms. The van der Waals surface area contributed by atoms with Crippen LogP contribution in [0.4, 0.5) is 4.39 Å². The van der Waals surface area contributed by atoms with Gasteiger partial charge in [0.25, 0.3) is 0 Å². The molecule has 2 atom stereocenters. The van der Waals surface area contributed by atoms with Crippen molar-refractivity contribution in [2.45, 2.75) is 12.2 Å². The maximum Gasteiger partial charge on any atom is 0.123 e. The number of β-amino-alcohol motifs (C(OH)–C–C–N with tert-alkyl or cyclic N) is 1. The quantitative estimate of drug-likeness (QED) is 0.778. The first kappa shape index (κ1) is 21.4. The maximum absolute atomic E-state index is 13.4. The molecule has 0 spiro atoms. The summed E-state index contributed by atoms with van der Waals surface area (Å²) in [7, 11) is 1.61. The van der Waals surface area contributed by atoms with E-state index in [2.05, 4.69) is 4.90 Å². The Morgan fingerprint density at radius 2 is 1.96 bits per heavy atom. The number of benzene rings is 2. The summed E-state index contributed by atoms with van der Waals surface area (Å²) in [5.41, 5.74) is 0.818. The summed E-state index contributed by atoms with van der Waals surface area (Å²) in [6.45, 7) is 2.57. The maximum atomic E-state index is 13.4. The van der Waals surface area contributed by atoms with Gasteiger partial charge in [-0.15, -0.1) is 12.4 Å². The van der Waals surface area contributed by atoms with Crippen molar-refractivity contribution in [3.63, 3.8) is 0 Å². The van der Waals surface area contributed by atoms with Crippen molar-refractivity contribution in [1.29, 1.82) is 0 Å². The van der Waals surface area contributed by atoms with E-state index < -0.39 is 6.10 Å². The van der Waals surface area contributed by atoms with Crippen LogP contribution >= 0.6 is 12.4 Å². The van der Waals surface area contributed by atoms with Gasteiger partial charge in [0, 0.05) is 19.6 Å². The van der Waals surface area contributed by atoms with Crippen LogP contribution in [0.2, 0.25) is 0 Å². The highest BCUT2D eigenvalue weighted by Gasteiger charge is 2.24. The van der Waals surface area contributed by atoms with Crippen molar-refractivity contribution in [2.24, 2.45) is 0 Å². The van der Waals surface area contributed by atoms with Gasteiger partial charge in [-0.2, -0.15) is 0 Å². The molecule has 0 bridgehead atoms. The molecule has 1 fully saturated rings. The molecule has 1 heterocycles. The average Bonchev–Trinajstić information content (AvgIpc) is 2.67. The normalized spacial score (nSPS) is 18.4. The highest BCUT2D eigenvalue weighted by atomic mass is 35.5. The number of hydrogen-bond donors (Lipinski definition) is 1. The third-order valence-electron chi connectivity index (χ3n) is 4.34. The van der Waals surface area contributed by atoms with Gasteiger partial charge in [0.15, 0.2) is 0 Å². The summed E-state index contributed by atoms with van der Waals surface area (Å²) in [6.07, 6.45) is -0.808. The fourth-order valence-electron chi connectivity index (χ4n) is 2.99. The summed E-state index contributed by atoms with van der Waals surface area (Å²) in [5.74, 6) is 1.18. The number of hydrogen-bond acceptors (Lipinski definition) is 5. The van der Waals surface area contributed by atoms with Crippen molar-refractivity contribution >= 4 is 12.4 Å². The topological polar surface area (TPSA) is 51.2 Å². The molecule has 7 heteroatoms. The third kappa shape index (κ3) is 6.36. The van der Waals surface area contributed by atoms with Crippen LogP contribution in [0.5, 0.6) is 11.5 Å². The first-order chi connectivity index (χ1) is 12.6. The second-order valence-electron chi connectivity index (χ2n) is 6.31. The van der Waals surface area contributed by atoms with E-state index in [1.807, 2.05) is 18.2 Å². The van der Waals surface area contributed by atoms with Gasteiger partial charge < -0.3 is 19.3 Å². The minimum absolute atomic E-state index is 0.